The molecule has 2 heteroatoms. The SMILES string of the molecule is CC1CC(C)(C)CCC1N(CC1CC1)CC1CCCN1. The van der Waals surface area contributed by atoms with E-state index in [0.29, 0.717) is 5.41 Å². The molecule has 3 unspecified atom stereocenters. The van der Waals surface area contributed by atoms with Gasteiger partial charge >= 0.3 is 0 Å². The van der Waals surface area contributed by atoms with Gasteiger partial charge in [0.05, 0.1) is 0 Å². The Balaban J connectivity index is 1.61. The maximum atomic E-state index is 3.71. The zero-order valence-electron chi connectivity index (χ0n) is 13.8. The number of nitrogens with zero attached hydrogens (tertiary/aromatic N) is 1. The Hall–Kier alpha value is -0.0800. The van der Waals surface area contributed by atoms with Crippen molar-refractivity contribution in [2.75, 3.05) is 19.6 Å². The minimum atomic E-state index is 0.576. The molecule has 3 atom stereocenters. The van der Waals surface area contributed by atoms with Gasteiger partial charge in [-0.25, -0.2) is 0 Å². The zero-order chi connectivity index (χ0) is 14.2. The second-order valence-electron chi connectivity index (χ2n) is 8.64. The number of nitrogens with one attached hydrogen (secondary N) is 1. The van der Waals surface area contributed by atoms with E-state index in [1.807, 2.05) is 0 Å². The van der Waals surface area contributed by atoms with Crippen LogP contribution in [-0.4, -0.2) is 36.6 Å². The highest BCUT2D eigenvalue weighted by atomic mass is 15.2. The third-order valence-corrected chi connectivity index (χ3v) is 5.92. The summed E-state index contributed by atoms with van der Waals surface area (Å²) in [5.41, 5.74) is 0.576. The second kappa shape index (κ2) is 5.96. The van der Waals surface area contributed by atoms with Crippen molar-refractivity contribution in [3.05, 3.63) is 0 Å². The molecule has 0 aromatic rings. The lowest BCUT2D eigenvalue weighted by Crippen LogP contribution is -2.49. The molecule has 0 radical (unpaired) electrons. The van der Waals surface area contributed by atoms with Crippen molar-refractivity contribution in [2.24, 2.45) is 17.3 Å². The maximum Gasteiger partial charge on any atom is 0.0195 e. The molecule has 2 saturated carbocycles. The van der Waals surface area contributed by atoms with Crippen LogP contribution >= 0.6 is 0 Å². The quantitative estimate of drug-likeness (QED) is 0.825. The van der Waals surface area contributed by atoms with E-state index in [-0.39, 0.29) is 0 Å². The monoisotopic (exact) mass is 278 g/mol. The Kier molecular flexibility index (Phi) is 4.42. The van der Waals surface area contributed by atoms with Crippen LogP contribution in [0.4, 0.5) is 0 Å². The Morgan fingerprint density at radius 1 is 1.10 bits per heavy atom. The number of hydrogen-bond acceptors (Lipinski definition) is 2. The van der Waals surface area contributed by atoms with Gasteiger partial charge in [0.25, 0.3) is 0 Å². The van der Waals surface area contributed by atoms with Crippen LogP contribution < -0.4 is 5.32 Å². The summed E-state index contributed by atoms with van der Waals surface area (Å²) >= 11 is 0. The molecule has 116 valence electrons. The van der Waals surface area contributed by atoms with Crippen molar-refractivity contribution in [2.45, 2.75) is 77.8 Å². The van der Waals surface area contributed by atoms with Crippen LogP contribution in [-0.2, 0) is 0 Å². The van der Waals surface area contributed by atoms with Gasteiger partial charge in [0.2, 0.25) is 0 Å². The molecule has 0 spiro atoms. The van der Waals surface area contributed by atoms with Gasteiger partial charge in [-0.1, -0.05) is 20.8 Å². The van der Waals surface area contributed by atoms with E-state index < -0.39 is 0 Å². The van der Waals surface area contributed by atoms with Gasteiger partial charge in [0.15, 0.2) is 0 Å². The molecule has 0 aromatic heterocycles. The molecule has 3 aliphatic rings. The van der Waals surface area contributed by atoms with E-state index in [4.69, 9.17) is 0 Å². The molecule has 1 N–H and O–H groups in total. The average molecular weight is 278 g/mol. The lowest BCUT2D eigenvalue weighted by molar-refractivity contribution is 0.0519. The van der Waals surface area contributed by atoms with Crippen LogP contribution in [0.15, 0.2) is 0 Å². The third-order valence-electron chi connectivity index (χ3n) is 5.92. The smallest absolute Gasteiger partial charge is 0.0195 e. The lowest BCUT2D eigenvalue weighted by Gasteiger charge is -2.45. The molecular weight excluding hydrogens is 244 g/mol. The van der Waals surface area contributed by atoms with Gasteiger partial charge in [0.1, 0.15) is 0 Å². The highest BCUT2D eigenvalue weighted by Gasteiger charge is 2.38. The first kappa shape index (κ1) is 14.8. The molecule has 3 fully saturated rings. The van der Waals surface area contributed by atoms with E-state index in [0.717, 1.165) is 23.9 Å². The van der Waals surface area contributed by atoms with Crippen LogP contribution in [0.1, 0.15) is 65.7 Å². The maximum absolute atomic E-state index is 3.71. The van der Waals surface area contributed by atoms with Gasteiger partial charge in [0, 0.05) is 25.2 Å². The van der Waals surface area contributed by atoms with E-state index in [1.165, 1.54) is 64.6 Å². The first-order valence-corrected chi connectivity index (χ1v) is 9.01. The molecular formula is C18H34N2. The van der Waals surface area contributed by atoms with Crippen molar-refractivity contribution in [3.8, 4) is 0 Å². The van der Waals surface area contributed by atoms with Crippen molar-refractivity contribution < 1.29 is 0 Å². The molecule has 2 nitrogen and oxygen atoms in total. The van der Waals surface area contributed by atoms with Gasteiger partial charge < -0.3 is 5.32 Å². The average Bonchev–Trinajstić information content (AvgIpc) is 3.02. The zero-order valence-corrected chi connectivity index (χ0v) is 13.8. The molecule has 2 aliphatic carbocycles. The first-order valence-electron chi connectivity index (χ1n) is 9.01. The summed E-state index contributed by atoms with van der Waals surface area (Å²) in [6, 6.07) is 1.63. The Morgan fingerprint density at radius 2 is 1.90 bits per heavy atom. The van der Waals surface area contributed by atoms with Gasteiger partial charge in [-0.3, -0.25) is 4.90 Å². The van der Waals surface area contributed by atoms with Crippen molar-refractivity contribution in [1.82, 2.24) is 10.2 Å². The summed E-state index contributed by atoms with van der Waals surface area (Å²) in [6.45, 7) is 11.4. The predicted octanol–water partition coefficient (Wildman–Crippen LogP) is 3.67. The largest absolute Gasteiger partial charge is 0.313 e. The van der Waals surface area contributed by atoms with Gasteiger partial charge in [-0.2, -0.15) is 0 Å². The van der Waals surface area contributed by atoms with Crippen LogP contribution in [0.3, 0.4) is 0 Å². The summed E-state index contributed by atoms with van der Waals surface area (Å²) in [7, 11) is 0. The van der Waals surface area contributed by atoms with Crippen LogP contribution in [0.5, 0.6) is 0 Å². The van der Waals surface area contributed by atoms with Crippen LogP contribution in [0.2, 0.25) is 0 Å². The van der Waals surface area contributed by atoms with Crippen LogP contribution in [0.25, 0.3) is 0 Å². The molecule has 1 saturated heterocycles. The fraction of sp³-hybridized carbons (Fsp3) is 1.00. The van der Waals surface area contributed by atoms with E-state index >= 15 is 0 Å². The summed E-state index contributed by atoms with van der Waals surface area (Å²) in [5, 5.41) is 3.71. The predicted molar refractivity (Wildman–Crippen MR) is 85.9 cm³/mol. The van der Waals surface area contributed by atoms with Gasteiger partial charge in [-0.05, 0) is 68.7 Å². The van der Waals surface area contributed by atoms with E-state index in [2.05, 4.69) is 31.0 Å². The standard InChI is InChI=1S/C18H34N2/c1-14-11-18(2,3)9-8-17(14)20(12-15-6-7-15)13-16-5-4-10-19-16/h14-17,19H,4-13H2,1-3H3. The normalized spacial score (nSPS) is 37.5. The van der Waals surface area contributed by atoms with Crippen molar-refractivity contribution in [3.63, 3.8) is 0 Å². The highest BCUT2D eigenvalue weighted by Crippen LogP contribution is 2.41. The molecule has 0 amide bonds. The topological polar surface area (TPSA) is 15.3 Å². The molecule has 0 bridgehead atoms. The summed E-state index contributed by atoms with van der Waals surface area (Å²) in [6.07, 6.45) is 10.0. The lowest BCUT2D eigenvalue weighted by atomic mass is 9.70. The summed E-state index contributed by atoms with van der Waals surface area (Å²) in [4.78, 5) is 2.89. The molecule has 0 aromatic carbocycles. The Labute approximate surface area is 125 Å². The number of rotatable bonds is 5. The Morgan fingerprint density at radius 3 is 2.50 bits per heavy atom. The van der Waals surface area contributed by atoms with E-state index in [1.54, 1.807) is 0 Å². The minimum absolute atomic E-state index is 0.576. The summed E-state index contributed by atoms with van der Waals surface area (Å²) in [5.74, 6) is 1.90. The van der Waals surface area contributed by atoms with Crippen molar-refractivity contribution >= 4 is 0 Å². The molecule has 20 heavy (non-hydrogen) atoms. The van der Waals surface area contributed by atoms with Gasteiger partial charge in [-0.15, -0.1) is 0 Å². The third kappa shape index (κ3) is 3.76. The molecule has 1 heterocycles. The number of hydrogen-bond donors (Lipinski definition) is 1. The highest BCUT2D eigenvalue weighted by molar-refractivity contribution is 4.92. The molecule has 1 aliphatic heterocycles. The first-order chi connectivity index (χ1) is 9.53. The minimum Gasteiger partial charge on any atom is -0.313 e. The van der Waals surface area contributed by atoms with E-state index in [9.17, 15) is 0 Å². The fourth-order valence-electron chi connectivity index (χ4n) is 4.65. The second-order valence-corrected chi connectivity index (χ2v) is 8.64. The Bertz CT molecular complexity index is 315. The molecule has 3 rings (SSSR count). The van der Waals surface area contributed by atoms with Crippen LogP contribution in [0, 0.1) is 17.3 Å². The summed E-state index contributed by atoms with van der Waals surface area (Å²) < 4.78 is 0. The fourth-order valence-corrected chi connectivity index (χ4v) is 4.65. The van der Waals surface area contributed by atoms with Crippen molar-refractivity contribution in [1.29, 1.82) is 0 Å².